The Morgan fingerprint density at radius 3 is 2.30 bits per heavy atom. The maximum Gasteiger partial charge on any atom is 0.276 e. The average molecular weight is 450 g/mol. The molecule has 1 aromatic heterocycles. The van der Waals surface area contributed by atoms with Gasteiger partial charge in [-0.3, -0.25) is 9.59 Å². The van der Waals surface area contributed by atoms with Gasteiger partial charge in [-0.05, 0) is 62.8 Å². The minimum absolute atomic E-state index is 0.00133. The van der Waals surface area contributed by atoms with Crippen molar-refractivity contribution in [2.45, 2.75) is 82.2 Å². The van der Waals surface area contributed by atoms with Gasteiger partial charge in [-0.2, -0.15) is 0 Å². The SMILES string of the molecule is O=C(NC1CCC(n2cc(C(=O)N3CCCC3)nn2)CC1)[C@@H](c1ccccc1)C1CCCC1. The second-order valence-electron chi connectivity index (χ2n) is 10.0. The van der Waals surface area contributed by atoms with Crippen LogP contribution in [0.4, 0.5) is 0 Å². The number of likely N-dealkylation sites (tertiary alicyclic amines) is 1. The Balaban J connectivity index is 1.17. The summed E-state index contributed by atoms with van der Waals surface area (Å²) < 4.78 is 1.87. The van der Waals surface area contributed by atoms with Gasteiger partial charge in [0.25, 0.3) is 5.91 Å². The second kappa shape index (κ2) is 10.1. The van der Waals surface area contributed by atoms with Gasteiger partial charge in [-0.25, -0.2) is 4.68 Å². The monoisotopic (exact) mass is 449 g/mol. The first kappa shape index (κ1) is 22.1. The van der Waals surface area contributed by atoms with Crippen LogP contribution >= 0.6 is 0 Å². The topological polar surface area (TPSA) is 80.1 Å². The third-order valence-electron chi connectivity index (χ3n) is 7.85. The summed E-state index contributed by atoms with van der Waals surface area (Å²) in [5, 5.41) is 11.8. The van der Waals surface area contributed by atoms with E-state index in [2.05, 4.69) is 27.8 Å². The highest BCUT2D eigenvalue weighted by Crippen LogP contribution is 2.38. The lowest BCUT2D eigenvalue weighted by atomic mass is 9.83. The molecule has 33 heavy (non-hydrogen) atoms. The predicted octanol–water partition coefficient (Wildman–Crippen LogP) is 4.09. The van der Waals surface area contributed by atoms with Crippen LogP contribution in [0.5, 0.6) is 0 Å². The van der Waals surface area contributed by atoms with E-state index in [-0.39, 0.29) is 29.8 Å². The largest absolute Gasteiger partial charge is 0.353 e. The highest BCUT2D eigenvalue weighted by Gasteiger charge is 2.34. The third kappa shape index (κ3) is 4.97. The minimum atomic E-state index is -0.0408. The van der Waals surface area contributed by atoms with E-state index in [9.17, 15) is 9.59 Å². The Morgan fingerprint density at radius 2 is 1.61 bits per heavy atom. The van der Waals surface area contributed by atoms with Gasteiger partial charge in [0, 0.05) is 19.1 Å². The maximum absolute atomic E-state index is 13.4. The van der Waals surface area contributed by atoms with Crippen molar-refractivity contribution in [3.63, 3.8) is 0 Å². The van der Waals surface area contributed by atoms with Crippen LogP contribution in [-0.4, -0.2) is 50.8 Å². The van der Waals surface area contributed by atoms with E-state index >= 15 is 0 Å². The number of carbonyl (C=O) groups excluding carboxylic acids is 2. The van der Waals surface area contributed by atoms with Crippen molar-refractivity contribution >= 4 is 11.8 Å². The first-order valence-corrected chi connectivity index (χ1v) is 12.8. The number of aromatic nitrogens is 3. The molecule has 2 amide bonds. The van der Waals surface area contributed by atoms with E-state index in [1.807, 2.05) is 34.0 Å². The van der Waals surface area contributed by atoms with Crippen LogP contribution in [0.25, 0.3) is 0 Å². The summed E-state index contributed by atoms with van der Waals surface area (Å²) in [5.74, 6) is 0.598. The van der Waals surface area contributed by atoms with Crippen LogP contribution in [0, 0.1) is 5.92 Å². The molecule has 7 heteroatoms. The van der Waals surface area contributed by atoms with Gasteiger partial charge < -0.3 is 10.2 Å². The summed E-state index contributed by atoms with van der Waals surface area (Å²) in [4.78, 5) is 27.8. The lowest BCUT2D eigenvalue weighted by Crippen LogP contribution is -2.42. The summed E-state index contributed by atoms with van der Waals surface area (Å²) in [7, 11) is 0. The number of rotatable bonds is 6. The minimum Gasteiger partial charge on any atom is -0.353 e. The summed E-state index contributed by atoms with van der Waals surface area (Å²) in [5.41, 5.74) is 1.60. The molecule has 0 unspecified atom stereocenters. The van der Waals surface area contributed by atoms with Gasteiger partial charge in [-0.1, -0.05) is 48.4 Å². The number of nitrogens with zero attached hydrogens (tertiary/aromatic N) is 4. The fraction of sp³-hybridized carbons (Fsp3) is 0.615. The highest BCUT2D eigenvalue weighted by molar-refractivity contribution is 5.92. The molecule has 2 aromatic rings. The van der Waals surface area contributed by atoms with Crippen LogP contribution in [0.1, 0.15) is 92.2 Å². The molecule has 1 N–H and O–H groups in total. The van der Waals surface area contributed by atoms with Crippen molar-refractivity contribution < 1.29 is 9.59 Å². The molecular formula is C26H35N5O2. The van der Waals surface area contributed by atoms with E-state index in [4.69, 9.17) is 0 Å². The molecular weight excluding hydrogens is 414 g/mol. The number of carbonyl (C=O) groups is 2. The molecule has 0 radical (unpaired) electrons. The van der Waals surface area contributed by atoms with Gasteiger partial charge in [0.15, 0.2) is 5.69 Å². The first-order valence-electron chi connectivity index (χ1n) is 12.8. The van der Waals surface area contributed by atoms with E-state index in [1.54, 1.807) is 0 Å². The lowest BCUT2D eigenvalue weighted by Gasteiger charge is -2.31. The molecule has 0 spiro atoms. The molecule has 7 nitrogen and oxygen atoms in total. The predicted molar refractivity (Wildman–Crippen MR) is 126 cm³/mol. The van der Waals surface area contributed by atoms with Crippen molar-refractivity contribution in [3.8, 4) is 0 Å². The van der Waals surface area contributed by atoms with E-state index < -0.39 is 0 Å². The van der Waals surface area contributed by atoms with Crippen molar-refractivity contribution in [1.82, 2.24) is 25.2 Å². The maximum atomic E-state index is 13.4. The number of amides is 2. The molecule has 2 heterocycles. The standard InChI is InChI=1S/C26H35N5O2/c32-25(24(20-10-4-5-11-20)19-8-2-1-3-9-19)27-21-12-14-22(15-13-21)31-18-23(28-29-31)26(33)30-16-6-7-17-30/h1-3,8-9,18,20-22,24H,4-7,10-17H2,(H,27,32)/t21?,22?,24-/m0/s1. The molecule has 1 atom stereocenters. The van der Waals surface area contributed by atoms with Crippen LogP contribution < -0.4 is 5.32 Å². The van der Waals surface area contributed by atoms with Crippen LogP contribution in [0.15, 0.2) is 36.5 Å². The zero-order valence-electron chi connectivity index (χ0n) is 19.4. The first-order chi connectivity index (χ1) is 16.2. The fourth-order valence-corrected chi connectivity index (χ4v) is 6.00. The Kier molecular flexibility index (Phi) is 6.74. The summed E-state index contributed by atoms with van der Waals surface area (Å²) >= 11 is 0. The van der Waals surface area contributed by atoms with Crippen molar-refractivity contribution in [3.05, 3.63) is 47.8 Å². The summed E-state index contributed by atoms with van der Waals surface area (Å²) in [6, 6.07) is 10.7. The quantitative estimate of drug-likeness (QED) is 0.720. The van der Waals surface area contributed by atoms with Crippen molar-refractivity contribution in [1.29, 1.82) is 0 Å². The number of hydrogen-bond acceptors (Lipinski definition) is 4. The Morgan fingerprint density at radius 1 is 0.909 bits per heavy atom. The normalized spacial score (nSPS) is 24.7. The van der Waals surface area contributed by atoms with E-state index in [0.29, 0.717) is 11.6 Å². The molecule has 1 saturated heterocycles. The van der Waals surface area contributed by atoms with Gasteiger partial charge in [-0.15, -0.1) is 5.10 Å². The number of hydrogen-bond donors (Lipinski definition) is 1. The zero-order valence-corrected chi connectivity index (χ0v) is 19.4. The molecule has 1 aromatic carbocycles. The molecule has 5 rings (SSSR count). The number of nitrogens with one attached hydrogen (secondary N) is 1. The van der Waals surface area contributed by atoms with Crippen LogP contribution in [0.3, 0.4) is 0 Å². The lowest BCUT2D eigenvalue weighted by molar-refractivity contribution is -0.124. The molecule has 2 saturated carbocycles. The second-order valence-corrected chi connectivity index (χ2v) is 10.0. The summed E-state index contributed by atoms with van der Waals surface area (Å²) in [6.45, 7) is 1.64. The smallest absolute Gasteiger partial charge is 0.276 e. The zero-order chi connectivity index (χ0) is 22.6. The van der Waals surface area contributed by atoms with E-state index in [0.717, 1.165) is 70.0 Å². The van der Waals surface area contributed by atoms with E-state index in [1.165, 1.54) is 12.8 Å². The van der Waals surface area contributed by atoms with Crippen LogP contribution in [0.2, 0.25) is 0 Å². The van der Waals surface area contributed by atoms with Gasteiger partial charge in [0.1, 0.15) is 0 Å². The average Bonchev–Trinajstić information content (AvgIpc) is 3.63. The highest BCUT2D eigenvalue weighted by atomic mass is 16.2. The Hall–Kier alpha value is -2.70. The van der Waals surface area contributed by atoms with Gasteiger partial charge >= 0.3 is 0 Å². The van der Waals surface area contributed by atoms with Gasteiger partial charge in [0.2, 0.25) is 5.91 Å². The molecule has 0 bridgehead atoms. The molecule has 3 fully saturated rings. The molecule has 1 aliphatic heterocycles. The molecule has 2 aliphatic carbocycles. The van der Waals surface area contributed by atoms with Crippen LogP contribution in [-0.2, 0) is 4.79 Å². The Labute approximate surface area is 195 Å². The Bertz CT molecular complexity index is 939. The third-order valence-corrected chi connectivity index (χ3v) is 7.85. The fourth-order valence-electron chi connectivity index (χ4n) is 6.00. The van der Waals surface area contributed by atoms with Crippen molar-refractivity contribution in [2.24, 2.45) is 5.92 Å². The number of benzene rings is 1. The molecule has 176 valence electrons. The summed E-state index contributed by atoms with van der Waals surface area (Å²) in [6.07, 6.45) is 12.4. The van der Waals surface area contributed by atoms with Gasteiger partial charge in [0.05, 0.1) is 18.2 Å². The van der Waals surface area contributed by atoms with Crippen molar-refractivity contribution in [2.75, 3.05) is 13.1 Å². The molecule has 3 aliphatic rings.